The van der Waals surface area contributed by atoms with Gasteiger partial charge in [-0.05, 0) is 12.9 Å². The van der Waals surface area contributed by atoms with Gasteiger partial charge in [0.05, 0.1) is 0 Å². The van der Waals surface area contributed by atoms with E-state index in [9.17, 15) is 4.79 Å². The minimum atomic E-state index is -2.31. The van der Waals surface area contributed by atoms with Gasteiger partial charge in [-0.2, -0.15) is 0 Å². The third-order valence-corrected chi connectivity index (χ3v) is 0.818. The normalized spacial score (nSPS) is 16.2. The van der Waals surface area contributed by atoms with Crippen molar-refractivity contribution in [3.05, 3.63) is 34.2 Å². The van der Waals surface area contributed by atoms with Crippen molar-refractivity contribution in [3.8, 4) is 0 Å². The van der Waals surface area contributed by atoms with Gasteiger partial charge in [0.25, 0.3) is 5.56 Å². The number of pyridine rings is 1. The van der Waals surface area contributed by atoms with Crippen LogP contribution in [0.25, 0.3) is 0 Å². The average molecular weight is 112 g/mol. The Kier molecular flexibility index (Phi) is 0.565. The second-order valence-electron chi connectivity index (χ2n) is 1.41. The summed E-state index contributed by atoms with van der Waals surface area (Å²) in [5, 5.41) is 0. The van der Waals surface area contributed by atoms with Gasteiger partial charge >= 0.3 is 0 Å². The average Bonchev–Trinajstić information content (AvgIpc) is 1.86. The van der Waals surface area contributed by atoms with Gasteiger partial charge in [0, 0.05) is 15.9 Å². The quantitative estimate of drug-likeness (QED) is 0.526. The number of aromatic amines is 1. The predicted octanol–water partition coefficient (Wildman–Crippen LogP) is 0.683. The highest BCUT2D eigenvalue weighted by Gasteiger charge is 1.83. The van der Waals surface area contributed by atoms with E-state index in [1.165, 1.54) is 18.3 Å². The van der Waals surface area contributed by atoms with E-state index in [4.69, 9.17) is 4.11 Å². The maximum Gasteiger partial charge on any atom is 0.250 e. The van der Waals surface area contributed by atoms with Crippen LogP contribution in [0.5, 0.6) is 0 Å². The first-order valence-corrected chi connectivity index (χ1v) is 2.20. The van der Waals surface area contributed by atoms with Crippen LogP contribution in [0.15, 0.2) is 23.1 Å². The molecule has 0 saturated heterocycles. The summed E-state index contributed by atoms with van der Waals surface area (Å²) in [5.74, 6) is 0. The molecular weight excluding hydrogens is 102 g/mol. The Hall–Kier alpha value is -1.05. The molecule has 0 aliphatic carbocycles. The molecule has 2 nitrogen and oxygen atoms in total. The molecule has 0 aliphatic heterocycles. The Labute approximate surface area is 51.4 Å². The Balaban J connectivity index is 3.26. The van der Waals surface area contributed by atoms with E-state index in [0.29, 0.717) is 0 Å². The second kappa shape index (κ2) is 1.82. The molecule has 0 aliphatic rings. The highest BCUT2D eigenvalue weighted by Crippen LogP contribution is 1.81. The Bertz CT molecular complexity index is 301. The van der Waals surface area contributed by atoms with Crippen molar-refractivity contribution in [1.29, 1.82) is 0 Å². The van der Waals surface area contributed by atoms with Crippen LogP contribution in [0, 0.1) is 6.85 Å². The smallest absolute Gasteiger partial charge is 0.250 e. The largest absolute Gasteiger partial charge is 0.329 e. The summed E-state index contributed by atoms with van der Waals surface area (Å²) < 4.78 is 20.8. The third-order valence-electron chi connectivity index (χ3n) is 0.818. The van der Waals surface area contributed by atoms with Gasteiger partial charge in [-0.3, -0.25) is 4.79 Å². The standard InChI is InChI=1S/C6H7NO/c1-5-3-2-4-7-6(5)8/h2-4H,1H3,(H,7,8)/i1D3. The summed E-state index contributed by atoms with van der Waals surface area (Å²) in [4.78, 5) is 13.1. The van der Waals surface area contributed by atoms with Crippen molar-refractivity contribution < 1.29 is 4.11 Å². The second-order valence-corrected chi connectivity index (χ2v) is 1.41. The van der Waals surface area contributed by atoms with Crippen LogP contribution >= 0.6 is 0 Å². The first-order chi connectivity index (χ1) is 5.02. The lowest BCUT2D eigenvalue weighted by Crippen LogP contribution is -2.06. The van der Waals surface area contributed by atoms with E-state index in [1.807, 2.05) is 0 Å². The molecule has 0 fully saturated rings. The van der Waals surface area contributed by atoms with Crippen molar-refractivity contribution in [1.82, 2.24) is 4.98 Å². The molecule has 0 spiro atoms. The molecule has 1 heterocycles. The van der Waals surface area contributed by atoms with E-state index < -0.39 is 12.4 Å². The minimum Gasteiger partial charge on any atom is -0.329 e. The maximum absolute atomic E-state index is 10.9. The van der Waals surface area contributed by atoms with Gasteiger partial charge in [-0.1, -0.05) is 6.07 Å². The van der Waals surface area contributed by atoms with Crippen LogP contribution < -0.4 is 5.56 Å². The summed E-state index contributed by atoms with van der Waals surface area (Å²) in [6, 6.07) is 2.79. The Morgan fingerprint density at radius 2 is 2.75 bits per heavy atom. The van der Waals surface area contributed by atoms with E-state index >= 15 is 0 Å². The lowest BCUT2D eigenvalue weighted by Gasteiger charge is -1.83. The number of rotatable bonds is 0. The molecule has 0 bridgehead atoms. The van der Waals surface area contributed by atoms with Crippen molar-refractivity contribution in [3.63, 3.8) is 0 Å². The molecule has 42 valence electrons. The minimum absolute atomic E-state index is 0.167. The summed E-state index contributed by atoms with van der Waals surface area (Å²) in [7, 11) is 0. The van der Waals surface area contributed by atoms with Gasteiger partial charge < -0.3 is 4.98 Å². The van der Waals surface area contributed by atoms with E-state index in [-0.39, 0.29) is 5.56 Å². The zero-order chi connectivity index (χ0) is 8.48. The first kappa shape index (κ1) is 2.49. The first-order valence-electron chi connectivity index (χ1n) is 3.70. The van der Waals surface area contributed by atoms with Gasteiger partial charge in [0.1, 0.15) is 0 Å². The highest BCUT2D eigenvalue weighted by molar-refractivity contribution is 5.05. The Morgan fingerprint density at radius 1 is 1.88 bits per heavy atom. The lowest BCUT2D eigenvalue weighted by atomic mass is 10.3. The Morgan fingerprint density at radius 3 is 3.25 bits per heavy atom. The number of H-pyrrole nitrogens is 1. The third kappa shape index (κ3) is 0.780. The van der Waals surface area contributed by atoms with Crippen LogP contribution in [0.3, 0.4) is 0 Å². The summed E-state index contributed by atoms with van der Waals surface area (Å²) in [6.45, 7) is -2.31. The fourth-order valence-electron chi connectivity index (χ4n) is 0.422. The number of aromatic nitrogens is 1. The number of aryl methyl sites for hydroxylation is 1. The topological polar surface area (TPSA) is 32.9 Å². The van der Waals surface area contributed by atoms with Gasteiger partial charge in [0.15, 0.2) is 0 Å². The maximum atomic E-state index is 10.9. The van der Waals surface area contributed by atoms with Crippen molar-refractivity contribution in [2.24, 2.45) is 0 Å². The van der Waals surface area contributed by atoms with Gasteiger partial charge in [-0.25, -0.2) is 0 Å². The monoisotopic (exact) mass is 112 g/mol. The zero-order valence-corrected chi connectivity index (χ0v) is 4.14. The van der Waals surface area contributed by atoms with Crippen molar-refractivity contribution in [2.75, 3.05) is 0 Å². The highest BCUT2D eigenvalue weighted by atomic mass is 16.1. The van der Waals surface area contributed by atoms with Crippen LogP contribution in [0.2, 0.25) is 0 Å². The van der Waals surface area contributed by atoms with Gasteiger partial charge in [0.2, 0.25) is 0 Å². The molecule has 0 saturated carbocycles. The van der Waals surface area contributed by atoms with E-state index in [1.54, 1.807) is 0 Å². The zero-order valence-electron chi connectivity index (χ0n) is 7.14. The summed E-state index contributed by atoms with van der Waals surface area (Å²) in [6.07, 6.45) is 1.40. The number of nitrogens with one attached hydrogen (secondary N) is 1. The summed E-state index contributed by atoms with van der Waals surface area (Å²) in [5.41, 5.74) is -0.715. The fourth-order valence-corrected chi connectivity index (χ4v) is 0.422. The van der Waals surface area contributed by atoms with Crippen molar-refractivity contribution >= 4 is 0 Å². The molecular formula is C6H7NO. The molecule has 0 atom stereocenters. The fraction of sp³-hybridized carbons (Fsp3) is 0.167. The number of hydrogen-bond acceptors (Lipinski definition) is 1. The van der Waals surface area contributed by atoms with E-state index in [2.05, 4.69) is 4.98 Å². The molecule has 0 aromatic carbocycles. The lowest BCUT2D eigenvalue weighted by molar-refractivity contribution is 1.18. The van der Waals surface area contributed by atoms with Crippen LogP contribution in [0.1, 0.15) is 9.68 Å². The van der Waals surface area contributed by atoms with Gasteiger partial charge in [-0.15, -0.1) is 0 Å². The predicted molar refractivity (Wildman–Crippen MR) is 31.8 cm³/mol. The molecule has 1 N–H and O–H groups in total. The molecule has 1 aromatic heterocycles. The molecule has 1 aromatic rings. The molecule has 0 unspecified atom stereocenters. The van der Waals surface area contributed by atoms with Crippen LogP contribution in [-0.2, 0) is 0 Å². The molecule has 8 heavy (non-hydrogen) atoms. The molecule has 0 amide bonds. The SMILES string of the molecule is [2H]C([2H])([2H])c1ccc[nH]c1=O. The molecule has 1 rings (SSSR count). The molecule has 2 heteroatoms. The number of hydrogen-bond donors (Lipinski definition) is 1. The summed E-state index contributed by atoms with van der Waals surface area (Å²) >= 11 is 0. The van der Waals surface area contributed by atoms with Crippen molar-refractivity contribution in [2.45, 2.75) is 6.85 Å². The molecule has 0 radical (unpaired) electrons. The van der Waals surface area contributed by atoms with Crippen LogP contribution in [-0.4, -0.2) is 4.98 Å². The van der Waals surface area contributed by atoms with E-state index in [0.717, 1.165) is 0 Å². The van der Waals surface area contributed by atoms with Crippen LogP contribution in [0.4, 0.5) is 0 Å².